The topological polar surface area (TPSA) is 38.5 Å². The summed E-state index contributed by atoms with van der Waals surface area (Å²) in [5, 5.41) is 0. The molecule has 1 atom stereocenters. The van der Waals surface area contributed by atoms with Gasteiger partial charge >= 0.3 is 0 Å². The van der Waals surface area contributed by atoms with Crippen LogP contribution in [0.3, 0.4) is 0 Å². The molecule has 0 amide bonds. The van der Waals surface area contributed by atoms with Crippen molar-refractivity contribution in [2.75, 3.05) is 39.4 Å². The van der Waals surface area contributed by atoms with Crippen molar-refractivity contribution in [3.8, 4) is 0 Å². The summed E-state index contributed by atoms with van der Waals surface area (Å²) in [7, 11) is 0. The second-order valence-electron chi connectivity index (χ2n) is 4.59. The minimum atomic E-state index is 0.803. The molecular weight excluding hydrogens is 176 g/mol. The van der Waals surface area contributed by atoms with Crippen LogP contribution in [-0.4, -0.2) is 44.3 Å². The van der Waals surface area contributed by atoms with E-state index in [-0.39, 0.29) is 0 Å². The maximum Gasteiger partial charge on any atom is 0.0497 e. The molecular formula is C11H22N2O. The fourth-order valence-electron chi connectivity index (χ4n) is 2.76. The number of piperidine rings is 1. The van der Waals surface area contributed by atoms with Gasteiger partial charge in [-0.2, -0.15) is 0 Å². The van der Waals surface area contributed by atoms with Crippen LogP contribution in [0.15, 0.2) is 0 Å². The fourth-order valence-corrected chi connectivity index (χ4v) is 2.76. The maximum atomic E-state index is 5.55. The molecule has 2 N–H and O–H groups in total. The van der Waals surface area contributed by atoms with Crippen LogP contribution in [0.2, 0.25) is 0 Å². The summed E-state index contributed by atoms with van der Waals surface area (Å²) in [4.78, 5) is 2.49. The highest BCUT2D eigenvalue weighted by Gasteiger charge is 2.28. The molecule has 0 spiro atoms. The molecule has 1 unspecified atom stereocenters. The first-order valence-corrected chi connectivity index (χ1v) is 5.90. The van der Waals surface area contributed by atoms with Gasteiger partial charge in [-0.15, -0.1) is 0 Å². The lowest BCUT2D eigenvalue weighted by Gasteiger charge is -2.34. The van der Waals surface area contributed by atoms with Crippen LogP contribution in [0.25, 0.3) is 0 Å². The van der Waals surface area contributed by atoms with E-state index in [9.17, 15) is 0 Å². The molecule has 14 heavy (non-hydrogen) atoms. The molecule has 0 aliphatic carbocycles. The molecule has 3 heteroatoms. The maximum absolute atomic E-state index is 5.55. The Hall–Kier alpha value is -0.120. The van der Waals surface area contributed by atoms with Crippen LogP contribution in [0.5, 0.6) is 0 Å². The van der Waals surface area contributed by atoms with E-state index < -0.39 is 0 Å². The molecule has 82 valence electrons. The van der Waals surface area contributed by atoms with E-state index in [2.05, 4.69) is 4.90 Å². The first-order valence-electron chi connectivity index (χ1n) is 5.90. The Morgan fingerprint density at radius 3 is 2.50 bits per heavy atom. The molecule has 0 aromatic rings. The third kappa shape index (κ3) is 2.47. The van der Waals surface area contributed by atoms with Crippen LogP contribution < -0.4 is 5.73 Å². The van der Waals surface area contributed by atoms with Gasteiger partial charge in [-0.1, -0.05) is 0 Å². The second kappa shape index (κ2) is 5.10. The second-order valence-corrected chi connectivity index (χ2v) is 4.59. The highest BCUT2D eigenvalue weighted by atomic mass is 16.5. The normalized spacial score (nSPS) is 31.1. The van der Waals surface area contributed by atoms with E-state index in [1.54, 1.807) is 0 Å². The van der Waals surface area contributed by atoms with Crippen LogP contribution >= 0.6 is 0 Å². The largest absolute Gasteiger partial charge is 0.381 e. The van der Waals surface area contributed by atoms with E-state index in [1.807, 2.05) is 0 Å². The molecule has 2 saturated heterocycles. The van der Waals surface area contributed by atoms with Crippen molar-refractivity contribution in [1.29, 1.82) is 0 Å². The quantitative estimate of drug-likeness (QED) is 0.725. The lowest BCUT2D eigenvalue weighted by Crippen LogP contribution is -2.38. The number of hydrogen-bond acceptors (Lipinski definition) is 3. The minimum absolute atomic E-state index is 0.803. The zero-order valence-electron chi connectivity index (χ0n) is 8.95. The van der Waals surface area contributed by atoms with Gasteiger partial charge < -0.3 is 15.4 Å². The number of ether oxygens (including phenoxy) is 1. The van der Waals surface area contributed by atoms with Crippen LogP contribution in [0, 0.1) is 11.8 Å². The lowest BCUT2D eigenvalue weighted by molar-refractivity contribution is 0.127. The van der Waals surface area contributed by atoms with Gasteiger partial charge in [0.05, 0.1) is 0 Å². The fraction of sp³-hybridized carbons (Fsp3) is 1.00. The molecule has 2 aliphatic rings. The van der Waals surface area contributed by atoms with Crippen molar-refractivity contribution in [3.05, 3.63) is 0 Å². The molecule has 2 fully saturated rings. The summed E-state index contributed by atoms with van der Waals surface area (Å²) in [5.41, 5.74) is 5.55. The highest BCUT2D eigenvalue weighted by Crippen LogP contribution is 2.30. The molecule has 0 aromatic heterocycles. The SMILES string of the molecule is NCCN1CCC(C2CCOC2)CC1. The van der Waals surface area contributed by atoms with Gasteiger partial charge in [0.15, 0.2) is 0 Å². The molecule has 3 nitrogen and oxygen atoms in total. The van der Waals surface area contributed by atoms with Gasteiger partial charge in [0.25, 0.3) is 0 Å². The predicted molar refractivity (Wildman–Crippen MR) is 57.1 cm³/mol. The standard InChI is InChI=1S/C11H22N2O/c12-4-7-13-5-1-10(2-6-13)11-3-8-14-9-11/h10-11H,1-9,12H2. The Labute approximate surface area is 86.6 Å². The molecule has 2 rings (SSSR count). The first-order chi connectivity index (χ1) is 6.90. The van der Waals surface area contributed by atoms with Crippen molar-refractivity contribution in [2.45, 2.75) is 19.3 Å². The first kappa shape index (κ1) is 10.4. The predicted octanol–water partition coefficient (Wildman–Crippen LogP) is 0.694. The van der Waals surface area contributed by atoms with Crippen LogP contribution in [0.4, 0.5) is 0 Å². The monoisotopic (exact) mass is 198 g/mol. The highest BCUT2D eigenvalue weighted by molar-refractivity contribution is 4.79. The molecule has 2 heterocycles. The third-order valence-electron chi connectivity index (χ3n) is 3.71. The number of nitrogens with zero attached hydrogens (tertiary/aromatic N) is 1. The number of nitrogens with two attached hydrogens (primary N) is 1. The molecule has 0 radical (unpaired) electrons. The summed E-state index contributed by atoms with van der Waals surface area (Å²) in [5.74, 6) is 1.78. The Morgan fingerprint density at radius 1 is 1.14 bits per heavy atom. The average Bonchev–Trinajstić information content (AvgIpc) is 2.72. The van der Waals surface area contributed by atoms with E-state index in [0.29, 0.717) is 0 Å². The Kier molecular flexibility index (Phi) is 3.79. The Bertz CT molecular complexity index is 161. The van der Waals surface area contributed by atoms with Gasteiger partial charge in [-0.3, -0.25) is 0 Å². The number of likely N-dealkylation sites (tertiary alicyclic amines) is 1. The molecule has 0 aromatic carbocycles. The summed E-state index contributed by atoms with van der Waals surface area (Å²) < 4.78 is 5.45. The van der Waals surface area contributed by atoms with Crippen molar-refractivity contribution in [3.63, 3.8) is 0 Å². The number of rotatable bonds is 3. The van der Waals surface area contributed by atoms with E-state index in [4.69, 9.17) is 10.5 Å². The zero-order chi connectivity index (χ0) is 9.80. The van der Waals surface area contributed by atoms with Gasteiger partial charge in [-0.25, -0.2) is 0 Å². The Morgan fingerprint density at radius 2 is 1.93 bits per heavy atom. The summed E-state index contributed by atoms with van der Waals surface area (Å²) in [6, 6.07) is 0. The van der Waals surface area contributed by atoms with Crippen molar-refractivity contribution in [2.24, 2.45) is 17.6 Å². The zero-order valence-corrected chi connectivity index (χ0v) is 8.95. The summed E-state index contributed by atoms with van der Waals surface area (Å²) in [6.07, 6.45) is 4.00. The summed E-state index contributed by atoms with van der Waals surface area (Å²) in [6.45, 7) is 6.39. The van der Waals surface area contributed by atoms with E-state index in [1.165, 1.54) is 32.4 Å². The van der Waals surface area contributed by atoms with Crippen LogP contribution in [0.1, 0.15) is 19.3 Å². The smallest absolute Gasteiger partial charge is 0.0497 e. The van der Waals surface area contributed by atoms with Crippen molar-refractivity contribution in [1.82, 2.24) is 4.90 Å². The van der Waals surface area contributed by atoms with Gasteiger partial charge in [0.1, 0.15) is 0 Å². The Balaban J connectivity index is 1.72. The summed E-state index contributed by atoms with van der Waals surface area (Å²) >= 11 is 0. The van der Waals surface area contributed by atoms with Gasteiger partial charge in [0, 0.05) is 26.3 Å². The van der Waals surface area contributed by atoms with Gasteiger partial charge in [-0.05, 0) is 44.2 Å². The van der Waals surface area contributed by atoms with Crippen molar-refractivity contribution < 1.29 is 4.74 Å². The molecule has 2 aliphatic heterocycles. The average molecular weight is 198 g/mol. The van der Waals surface area contributed by atoms with Crippen LogP contribution in [-0.2, 0) is 4.74 Å². The lowest BCUT2D eigenvalue weighted by atomic mass is 9.84. The molecule has 0 bridgehead atoms. The minimum Gasteiger partial charge on any atom is -0.381 e. The molecule has 0 saturated carbocycles. The number of hydrogen-bond donors (Lipinski definition) is 1. The van der Waals surface area contributed by atoms with E-state index >= 15 is 0 Å². The van der Waals surface area contributed by atoms with E-state index in [0.717, 1.165) is 38.1 Å². The van der Waals surface area contributed by atoms with Gasteiger partial charge in [0.2, 0.25) is 0 Å². The van der Waals surface area contributed by atoms with Crippen molar-refractivity contribution >= 4 is 0 Å². The third-order valence-corrected chi connectivity index (χ3v) is 3.71.